The van der Waals surface area contributed by atoms with Gasteiger partial charge in [0.25, 0.3) is 0 Å². The lowest BCUT2D eigenvalue weighted by Crippen LogP contribution is -2.04. The molecular weight excluding hydrogens is 134 g/mol. The lowest BCUT2D eigenvalue weighted by molar-refractivity contribution is 0.862. The van der Waals surface area contributed by atoms with Gasteiger partial charge in [-0.15, -0.1) is 12.4 Å². The zero-order valence-corrected chi connectivity index (χ0v) is 6.26. The third-order valence-electron chi connectivity index (χ3n) is 1.94. The molecular formula is C7H12ClN. The summed E-state index contributed by atoms with van der Waals surface area (Å²) in [6, 6.07) is 0. The van der Waals surface area contributed by atoms with Gasteiger partial charge in [0.05, 0.1) is 0 Å². The number of nitrogens with one attached hydrogen (secondary N) is 1. The molecule has 0 amide bonds. The van der Waals surface area contributed by atoms with Gasteiger partial charge in [0.15, 0.2) is 0 Å². The van der Waals surface area contributed by atoms with Gasteiger partial charge in [-0.3, -0.25) is 0 Å². The number of allylic oxidation sites excluding steroid dienone is 1. The van der Waals surface area contributed by atoms with Crippen molar-refractivity contribution in [1.82, 2.24) is 5.32 Å². The first-order valence-electron chi connectivity index (χ1n) is 3.37. The molecule has 1 saturated carbocycles. The van der Waals surface area contributed by atoms with Gasteiger partial charge in [0, 0.05) is 6.54 Å². The summed E-state index contributed by atoms with van der Waals surface area (Å²) in [5, 5.41) is 3.34. The highest BCUT2D eigenvalue weighted by Crippen LogP contribution is 2.33. The first kappa shape index (κ1) is 7.10. The molecule has 1 aliphatic carbocycles. The van der Waals surface area contributed by atoms with Gasteiger partial charge < -0.3 is 5.32 Å². The predicted octanol–water partition coefficient (Wildman–Crippen LogP) is 1.49. The molecule has 1 saturated heterocycles. The molecule has 1 nitrogen and oxygen atoms in total. The third-order valence-corrected chi connectivity index (χ3v) is 1.94. The molecule has 1 N–H and O–H groups in total. The van der Waals surface area contributed by atoms with E-state index in [1.807, 2.05) is 0 Å². The second-order valence-corrected chi connectivity index (χ2v) is 2.63. The fourth-order valence-corrected chi connectivity index (χ4v) is 1.28. The molecule has 2 aliphatic rings. The Balaban J connectivity index is 0.000000405. The summed E-state index contributed by atoms with van der Waals surface area (Å²) in [6.07, 6.45) is 4.13. The van der Waals surface area contributed by atoms with Gasteiger partial charge in [-0.1, -0.05) is 11.1 Å². The molecule has 2 fully saturated rings. The molecule has 0 aromatic carbocycles. The van der Waals surface area contributed by atoms with Crippen LogP contribution in [0.3, 0.4) is 0 Å². The van der Waals surface area contributed by atoms with Crippen molar-refractivity contribution in [3.05, 3.63) is 11.1 Å². The summed E-state index contributed by atoms with van der Waals surface area (Å²) in [7, 11) is 0. The Morgan fingerprint density at radius 3 is 2.22 bits per heavy atom. The fourth-order valence-electron chi connectivity index (χ4n) is 1.28. The van der Waals surface area contributed by atoms with Crippen LogP contribution in [0.15, 0.2) is 11.1 Å². The van der Waals surface area contributed by atoms with Crippen LogP contribution in [0.2, 0.25) is 0 Å². The van der Waals surface area contributed by atoms with Crippen molar-refractivity contribution in [2.75, 3.05) is 13.1 Å². The quantitative estimate of drug-likeness (QED) is 0.510. The number of hydrogen-bond donors (Lipinski definition) is 1. The van der Waals surface area contributed by atoms with Crippen molar-refractivity contribution in [3.8, 4) is 0 Å². The summed E-state index contributed by atoms with van der Waals surface area (Å²) in [5.74, 6) is 0. The maximum Gasteiger partial charge on any atom is 0.0167 e. The molecule has 0 bridgehead atoms. The summed E-state index contributed by atoms with van der Waals surface area (Å²) < 4.78 is 0. The average molecular weight is 146 g/mol. The van der Waals surface area contributed by atoms with Gasteiger partial charge >= 0.3 is 0 Å². The Labute approximate surface area is 61.9 Å². The molecule has 2 heteroatoms. The van der Waals surface area contributed by atoms with E-state index in [2.05, 4.69) is 5.32 Å². The van der Waals surface area contributed by atoms with Crippen LogP contribution in [-0.2, 0) is 0 Å². The minimum atomic E-state index is 0. The molecule has 1 aliphatic heterocycles. The number of rotatable bonds is 0. The first-order chi connectivity index (χ1) is 3.97. The fraction of sp³-hybridized carbons (Fsp3) is 0.714. The summed E-state index contributed by atoms with van der Waals surface area (Å²) in [6.45, 7) is 2.41. The topological polar surface area (TPSA) is 12.0 Å². The van der Waals surface area contributed by atoms with Crippen molar-refractivity contribution < 1.29 is 0 Å². The maximum atomic E-state index is 3.34. The van der Waals surface area contributed by atoms with E-state index in [9.17, 15) is 0 Å². The molecule has 2 rings (SSSR count). The van der Waals surface area contributed by atoms with Crippen LogP contribution in [0.25, 0.3) is 0 Å². The molecule has 0 aromatic heterocycles. The van der Waals surface area contributed by atoms with Crippen molar-refractivity contribution in [1.29, 1.82) is 0 Å². The van der Waals surface area contributed by atoms with Crippen molar-refractivity contribution in [3.63, 3.8) is 0 Å². The summed E-state index contributed by atoms with van der Waals surface area (Å²) in [5.41, 5.74) is 3.46. The van der Waals surface area contributed by atoms with Crippen molar-refractivity contribution in [2.24, 2.45) is 0 Å². The first-order valence-corrected chi connectivity index (χ1v) is 3.37. The molecule has 0 spiro atoms. The average Bonchev–Trinajstić information content (AvgIpc) is 2.49. The lowest BCUT2D eigenvalue weighted by atomic mass is 10.2. The molecule has 0 unspecified atom stereocenters. The molecule has 0 aromatic rings. The second kappa shape index (κ2) is 2.72. The summed E-state index contributed by atoms with van der Waals surface area (Å²) in [4.78, 5) is 0. The molecule has 52 valence electrons. The number of hydrogen-bond acceptors (Lipinski definition) is 1. The Kier molecular flexibility index (Phi) is 2.14. The highest BCUT2D eigenvalue weighted by atomic mass is 35.5. The highest BCUT2D eigenvalue weighted by molar-refractivity contribution is 5.85. The van der Waals surface area contributed by atoms with Crippen LogP contribution in [0.1, 0.15) is 19.3 Å². The predicted molar refractivity (Wildman–Crippen MR) is 41.0 cm³/mol. The maximum absolute atomic E-state index is 3.34. The van der Waals surface area contributed by atoms with Gasteiger partial charge in [-0.25, -0.2) is 0 Å². The van der Waals surface area contributed by atoms with Gasteiger partial charge in [-0.05, 0) is 25.8 Å². The molecule has 0 atom stereocenters. The zero-order valence-electron chi connectivity index (χ0n) is 5.44. The minimum Gasteiger partial charge on any atom is -0.313 e. The monoisotopic (exact) mass is 145 g/mol. The Morgan fingerprint density at radius 2 is 1.78 bits per heavy atom. The van der Waals surface area contributed by atoms with E-state index in [1.165, 1.54) is 32.4 Å². The second-order valence-electron chi connectivity index (χ2n) is 2.63. The van der Waals surface area contributed by atoms with Crippen LogP contribution in [0, 0.1) is 0 Å². The summed E-state index contributed by atoms with van der Waals surface area (Å²) >= 11 is 0. The normalized spacial score (nSPS) is 24.0. The lowest BCUT2D eigenvalue weighted by Gasteiger charge is -1.86. The van der Waals surface area contributed by atoms with Gasteiger partial charge in [0.1, 0.15) is 0 Å². The van der Waals surface area contributed by atoms with E-state index >= 15 is 0 Å². The van der Waals surface area contributed by atoms with Crippen LogP contribution >= 0.6 is 12.4 Å². The minimum absolute atomic E-state index is 0. The molecule has 1 heterocycles. The Hall–Kier alpha value is -0.0100. The molecule has 0 radical (unpaired) electrons. The smallest absolute Gasteiger partial charge is 0.0167 e. The van der Waals surface area contributed by atoms with Gasteiger partial charge in [0.2, 0.25) is 0 Å². The zero-order chi connectivity index (χ0) is 5.40. The van der Waals surface area contributed by atoms with Crippen LogP contribution in [0.4, 0.5) is 0 Å². The largest absolute Gasteiger partial charge is 0.313 e. The van der Waals surface area contributed by atoms with E-state index in [0.29, 0.717) is 0 Å². The SMILES string of the molecule is C1CC(=C2CC2)CN1.Cl. The van der Waals surface area contributed by atoms with Crippen molar-refractivity contribution >= 4 is 12.4 Å². The Bertz CT molecular complexity index is 126. The third kappa shape index (κ3) is 1.46. The van der Waals surface area contributed by atoms with Crippen LogP contribution in [-0.4, -0.2) is 13.1 Å². The standard InChI is InChI=1S/C7H11N.ClH/c1-2-6(1)7-3-4-8-5-7;/h8H,1-5H2;1H. The van der Waals surface area contributed by atoms with E-state index in [4.69, 9.17) is 0 Å². The Morgan fingerprint density at radius 1 is 1.00 bits per heavy atom. The van der Waals surface area contributed by atoms with E-state index < -0.39 is 0 Å². The van der Waals surface area contributed by atoms with Gasteiger partial charge in [-0.2, -0.15) is 0 Å². The van der Waals surface area contributed by atoms with E-state index in [-0.39, 0.29) is 12.4 Å². The molecule has 9 heavy (non-hydrogen) atoms. The van der Waals surface area contributed by atoms with E-state index in [0.717, 1.165) is 0 Å². The van der Waals surface area contributed by atoms with Crippen LogP contribution < -0.4 is 5.32 Å². The van der Waals surface area contributed by atoms with E-state index in [1.54, 1.807) is 11.1 Å². The number of halogens is 1. The van der Waals surface area contributed by atoms with Crippen LogP contribution in [0.5, 0.6) is 0 Å². The van der Waals surface area contributed by atoms with Crippen molar-refractivity contribution in [2.45, 2.75) is 19.3 Å². The highest BCUT2D eigenvalue weighted by Gasteiger charge is 2.19.